The lowest BCUT2D eigenvalue weighted by Crippen LogP contribution is -2.01. The molecule has 0 unspecified atom stereocenters. The van der Waals surface area contributed by atoms with Gasteiger partial charge in [-0.1, -0.05) is 23.8 Å². The largest absolute Gasteiger partial charge is 0.438 e. The number of aromatic nitrogens is 4. The zero-order chi connectivity index (χ0) is 18.3. The van der Waals surface area contributed by atoms with Crippen LogP contribution in [0.2, 0.25) is 0 Å². The molecule has 0 aliphatic carbocycles. The van der Waals surface area contributed by atoms with E-state index in [-0.39, 0.29) is 0 Å². The Hall–Kier alpha value is -3.21. The topological polar surface area (TPSA) is 52.8 Å². The zero-order valence-electron chi connectivity index (χ0n) is 15.3. The fourth-order valence-corrected chi connectivity index (χ4v) is 3.01. The zero-order valence-corrected chi connectivity index (χ0v) is 15.3. The van der Waals surface area contributed by atoms with Gasteiger partial charge in [0.25, 0.3) is 0 Å². The van der Waals surface area contributed by atoms with Crippen LogP contribution in [0.1, 0.15) is 22.3 Å². The van der Waals surface area contributed by atoms with Crippen LogP contribution in [0.15, 0.2) is 48.9 Å². The fraction of sp³-hybridized carbons (Fsp3) is 0.190. The summed E-state index contributed by atoms with van der Waals surface area (Å²) in [5.41, 5.74) is 6.50. The van der Waals surface area contributed by atoms with E-state index in [1.54, 1.807) is 6.20 Å². The van der Waals surface area contributed by atoms with Crippen molar-refractivity contribution < 1.29 is 4.74 Å². The van der Waals surface area contributed by atoms with Gasteiger partial charge in [0.1, 0.15) is 17.5 Å². The molecule has 0 fully saturated rings. The standard InChI is InChI=1S/C21H20N4O/c1-13-5-8-19(16(4)9-13)25-20-18(11-24-25)21(23-12-22-20)26-17-7-6-14(2)15(3)10-17/h5-12H,1-4H3. The lowest BCUT2D eigenvalue weighted by molar-refractivity contribution is 0.467. The van der Waals surface area contributed by atoms with Crippen molar-refractivity contribution in [2.75, 3.05) is 0 Å². The van der Waals surface area contributed by atoms with Crippen LogP contribution in [0, 0.1) is 27.7 Å². The Labute approximate surface area is 152 Å². The third-order valence-electron chi connectivity index (χ3n) is 4.60. The average molecular weight is 344 g/mol. The van der Waals surface area contributed by atoms with Crippen molar-refractivity contribution in [1.82, 2.24) is 19.7 Å². The number of hydrogen-bond donors (Lipinski definition) is 0. The Kier molecular flexibility index (Phi) is 3.92. The van der Waals surface area contributed by atoms with E-state index in [0.29, 0.717) is 5.88 Å². The summed E-state index contributed by atoms with van der Waals surface area (Å²) < 4.78 is 7.85. The number of nitrogens with zero attached hydrogens (tertiary/aromatic N) is 4. The summed E-state index contributed by atoms with van der Waals surface area (Å²) in [4.78, 5) is 8.74. The normalized spacial score (nSPS) is 11.1. The van der Waals surface area contributed by atoms with E-state index in [2.05, 4.69) is 61.0 Å². The van der Waals surface area contributed by atoms with E-state index in [1.165, 1.54) is 23.0 Å². The van der Waals surface area contributed by atoms with E-state index >= 15 is 0 Å². The molecule has 0 amide bonds. The molecule has 130 valence electrons. The van der Waals surface area contributed by atoms with E-state index in [0.717, 1.165) is 28.0 Å². The molecule has 0 saturated carbocycles. The quantitative estimate of drug-likeness (QED) is 0.533. The molecular formula is C21H20N4O. The fourth-order valence-electron chi connectivity index (χ4n) is 3.01. The van der Waals surface area contributed by atoms with Crippen LogP contribution in [0.3, 0.4) is 0 Å². The summed E-state index contributed by atoms with van der Waals surface area (Å²) in [6.07, 6.45) is 3.27. The summed E-state index contributed by atoms with van der Waals surface area (Å²) in [6, 6.07) is 12.3. The van der Waals surface area contributed by atoms with Gasteiger partial charge in [0.05, 0.1) is 11.9 Å². The van der Waals surface area contributed by atoms with Crippen LogP contribution in [0.4, 0.5) is 0 Å². The second-order valence-electron chi connectivity index (χ2n) is 6.61. The van der Waals surface area contributed by atoms with E-state index in [1.807, 2.05) is 22.9 Å². The molecule has 2 aromatic carbocycles. The maximum absolute atomic E-state index is 6.02. The lowest BCUT2D eigenvalue weighted by Gasteiger charge is -2.09. The van der Waals surface area contributed by atoms with Crippen LogP contribution < -0.4 is 4.74 Å². The van der Waals surface area contributed by atoms with Crippen molar-refractivity contribution in [3.63, 3.8) is 0 Å². The maximum Gasteiger partial charge on any atom is 0.233 e. The minimum absolute atomic E-state index is 0.509. The third-order valence-corrected chi connectivity index (χ3v) is 4.60. The van der Waals surface area contributed by atoms with E-state index < -0.39 is 0 Å². The highest BCUT2D eigenvalue weighted by Crippen LogP contribution is 2.29. The molecule has 0 saturated heterocycles. The summed E-state index contributed by atoms with van der Waals surface area (Å²) in [6.45, 7) is 8.30. The molecular weight excluding hydrogens is 324 g/mol. The van der Waals surface area contributed by atoms with Crippen molar-refractivity contribution in [3.05, 3.63) is 71.2 Å². The lowest BCUT2D eigenvalue weighted by atomic mass is 10.1. The van der Waals surface area contributed by atoms with Gasteiger partial charge in [-0.05, 0) is 62.6 Å². The van der Waals surface area contributed by atoms with E-state index in [9.17, 15) is 0 Å². The van der Waals surface area contributed by atoms with Crippen LogP contribution >= 0.6 is 0 Å². The molecule has 2 aromatic heterocycles. The maximum atomic E-state index is 6.02. The molecule has 0 bridgehead atoms. The van der Waals surface area contributed by atoms with Gasteiger partial charge in [0.2, 0.25) is 5.88 Å². The number of rotatable bonds is 3. The Morgan fingerprint density at radius 2 is 1.69 bits per heavy atom. The SMILES string of the molecule is Cc1ccc(-n2ncc3c(Oc4ccc(C)c(C)c4)ncnc32)c(C)c1. The molecule has 5 heteroatoms. The van der Waals surface area contributed by atoms with Gasteiger partial charge >= 0.3 is 0 Å². The van der Waals surface area contributed by atoms with Crippen molar-refractivity contribution >= 4 is 11.0 Å². The van der Waals surface area contributed by atoms with Crippen LogP contribution in [0.5, 0.6) is 11.6 Å². The smallest absolute Gasteiger partial charge is 0.233 e. The van der Waals surface area contributed by atoms with Gasteiger partial charge < -0.3 is 4.74 Å². The van der Waals surface area contributed by atoms with Crippen molar-refractivity contribution in [1.29, 1.82) is 0 Å². The van der Waals surface area contributed by atoms with Crippen molar-refractivity contribution in [2.24, 2.45) is 0 Å². The molecule has 2 heterocycles. The predicted molar refractivity (Wildman–Crippen MR) is 102 cm³/mol. The van der Waals surface area contributed by atoms with Gasteiger partial charge in [-0.15, -0.1) is 0 Å². The van der Waals surface area contributed by atoms with Gasteiger partial charge in [-0.25, -0.2) is 14.6 Å². The Morgan fingerprint density at radius 1 is 0.846 bits per heavy atom. The molecule has 26 heavy (non-hydrogen) atoms. The summed E-state index contributed by atoms with van der Waals surface area (Å²) in [5, 5.41) is 5.31. The summed E-state index contributed by atoms with van der Waals surface area (Å²) in [7, 11) is 0. The molecule has 4 rings (SSSR count). The second-order valence-corrected chi connectivity index (χ2v) is 6.61. The number of benzene rings is 2. The van der Waals surface area contributed by atoms with Gasteiger partial charge in [0, 0.05) is 0 Å². The summed E-state index contributed by atoms with van der Waals surface area (Å²) >= 11 is 0. The predicted octanol–water partition coefficient (Wildman–Crippen LogP) is 4.84. The highest BCUT2D eigenvalue weighted by Gasteiger charge is 2.14. The van der Waals surface area contributed by atoms with Crippen molar-refractivity contribution in [3.8, 4) is 17.3 Å². The Morgan fingerprint density at radius 3 is 2.46 bits per heavy atom. The van der Waals surface area contributed by atoms with Crippen molar-refractivity contribution in [2.45, 2.75) is 27.7 Å². The first-order valence-corrected chi connectivity index (χ1v) is 8.54. The molecule has 0 radical (unpaired) electrons. The number of ether oxygens (including phenoxy) is 1. The minimum Gasteiger partial charge on any atom is -0.438 e. The van der Waals surface area contributed by atoms with Gasteiger partial charge in [-0.3, -0.25) is 0 Å². The van der Waals surface area contributed by atoms with Crippen LogP contribution in [0.25, 0.3) is 16.7 Å². The highest BCUT2D eigenvalue weighted by atomic mass is 16.5. The monoisotopic (exact) mass is 344 g/mol. The summed E-state index contributed by atoms with van der Waals surface area (Å²) in [5.74, 6) is 1.27. The molecule has 0 atom stereocenters. The molecule has 0 aliphatic heterocycles. The molecule has 4 aromatic rings. The molecule has 0 N–H and O–H groups in total. The Balaban J connectivity index is 1.78. The first-order valence-electron chi connectivity index (χ1n) is 8.54. The second kappa shape index (κ2) is 6.26. The number of aryl methyl sites for hydroxylation is 4. The molecule has 0 aliphatic rings. The van der Waals surface area contributed by atoms with Gasteiger partial charge in [0.15, 0.2) is 5.65 Å². The van der Waals surface area contributed by atoms with Crippen LogP contribution in [-0.2, 0) is 0 Å². The highest BCUT2D eigenvalue weighted by molar-refractivity contribution is 5.81. The number of hydrogen-bond acceptors (Lipinski definition) is 4. The minimum atomic E-state index is 0.509. The molecule has 5 nitrogen and oxygen atoms in total. The van der Waals surface area contributed by atoms with Gasteiger partial charge in [-0.2, -0.15) is 5.10 Å². The number of fused-ring (bicyclic) bond motifs is 1. The Bertz CT molecular complexity index is 1110. The first kappa shape index (κ1) is 16.3. The van der Waals surface area contributed by atoms with E-state index in [4.69, 9.17) is 4.74 Å². The molecule has 0 spiro atoms. The first-order chi connectivity index (χ1) is 12.5. The average Bonchev–Trinajstić information content (AvgIpc) is 3.03. The van der Waals surface area contributed by atoms with Crippen LogP contribution in [-0.4, -0.2) is 19.7 Å². The third kappa shape index (κ3) is 2.81.